The number of carbonyl (C=O) groups excluding carboxylic acids is 2. The third-order valence-electron chi connectivity index (χ3n) is 7.24. The molecule has 1 aliphatic rings. The summed E-state index contributed by atoms with van der Waals surface area (Å²) < 4.78 is 42.9. The molecule has 0 spiro atoms. The van der Waals surface area contributed by atoms with Crippen molar-refractivity contribution in [2.75, 3.05) is 12.4 Å². The summed E-state index contributed by atoms with van der Waals surface area (Å²) in [7, 11) is 2.61. The Kier molecular flexibility index (Phi) is 8.40. The van der Waals surface area contributed by atoms with Gasteiger partial charge in [-0.2, -0.15) is 13.2 Å². The minimum Gasteiger partial charge on any atom is -0.355 e. The smallest absolute Gasteiger partial charge is 0.355 e. The number of halogens is 5. The molecule has 2 aromatic heterocycles. The summed E-state index contributed by atoms with van der Waals surface area (Å²) in [5.41, 5.74) is -0.377. The fourth-order valence-corrected chi connectivity index (χ4v) is 5.32. The molecule has 0 radical (unpaired) electrons. The molecule has 16 heteroatoms. The lowest BCUT2D eigenvalue weighted by Crippen LogP contribution is -2.46. The number of nitrogens with zero attached hydrogens (tertiary/aromatic N) is 6. The second-order valence-corrected chi connectivity index (χ2v) is 10.9. The van der Waals surface area contributed by atoms with Gasteiger partial charge >= 0.3 is 6.18 Å². The topological polar surface area (TPSA) is 127 Å². The number of benzene rings is 2. The Balaban J connectivity index is 1.57. The van der Waals surface area contributed by atoms with Crippen LogP contribution in [0.5, 0.6) is 0 Å². The largest absolute Gasteiger partial charge is 0.434 e. The molecule has 44 heavy (non-hydrogen) atoms. The molecule has 0 bridgehead atoms. The highest BCUT2D eigenvalue weighted by atomic mass is 35.5. The molecule has 2 aromatic carbocycles. The van der Waals surface area contributed by atoms with Crippen molar-refractivity contribution in [2.24, 2.45) is 7.05 Å². The average Bonchev–Trinajstić information content (AvgIpc) is 3.37. The van der Waals surface area contributed by atoms with Crippen molar-refractivity contribution < 1.29 is 22.8 Å². The van der Waals surface area contributed by atoms with Gasteiger partial charge in [-0.25, -0.2) is 14.2 Å². The van der Waals surface area contributed by atoms with Crippen LogP contribution < -0.4 is 16.2 Å². The van der Waals surface area contributed by atoms with Gasteiger partial charge in [-0.1, -0.05) is 28.4 Å². The number of aryl methyl sites for hydroxylation is 1. The van der Waals surface area contributed by atoms with Crippen LogP contribution in [0.25, 0.3) is 5.69 Å². The van der Waals surface area contributed by atoms with Gasteiger partial charge in [0.2, 0.25) is 5.95 Å². The highest BCUT2D eigenvalue weighted by molar-refractivity contribution is 6.42. The van der Waals surface area contributed by atoms with Crippen molar-refractivity contribution in [3.63, 3.8) is 0 Å². The molecule has 2 amide bonds. The molecule has 0 saturated carbocycles. The monoisotopic (exact) mass is 648 g/mol. The van der Waals surface area contributed by atoms with E-state index in [2.05, 4.69) is 25.9 Å². The Morgan fingerprint density at radius 2 is 1.75 bits per heavy atom. The Bertz CT molecular complexity index is 1820. The Morgan fingerprint density at radius 3 is 2.39 bits per heavy atom. The lowest BCUT2D eigenvalue weighted by atomic mass is 9.98. The van der Waals surface area contributed by atoms with E-state index in [0.717, 1.165) is 7.05 Å². The standard InChI is InChI=1S/C28H25Cl2F3N8O3/c1-14-10-18-22(13-40(14)25(43)16-6-9-19(29)20(30)11-16)36-27(35-12-21-23(28(31,32)33)39(3)38-37-21)41(26(18)44)17-7-4-15(5-8-17)24(42)34-2/h4-9,11,14H,10,12-13H2,1-3H3,(H,34,42)(H,35,36)/t14-/m1/s1. The molecule has 1 aliphatic heterocycles. The van der Waals surface area contributed by atoms with Gasteiger partial charge in [0.1, 0.15) is 5.69 Å². The zero-order valence-electron chi connectivity index (χ0n) is 23.5. The van der Waals surface area contributed by atoms with Crippen molar-refractivity contribution in [2.45, 2.75) is 38.7 Å². The molecule has 0 aliphatic carbocycles. The third-order valence-corrected chi connectivity index (χ3v) is 7.97. The molecule has 4 aromatic rings. The van der Waals surface area contributed by atoms with Gasteiger partial charge in [0, 0.05) is 36.8 Å². The van der Waals surface area contributed by atoms with Crippen molar-refractivity contribution in [3.05, 3.63) is 96.6 Å². The first-order chi connectivity index (χ1) is 20.8. The molecule has 230 valence electrons. The van der Waals surface area contributed by atoms with Gasteiger partial charge in [-0.15, -0.1) is 5.10 Å². The number of carbonyl (C=O) groups is 2. The summed E-state index contributed by atoms with van der Waals surface area (Å²) in [5, 5.41) is 13.0. The lowest BCUT2D eigenvalue weighted by Gasteiger charge is -2.34. The zero-order chi connectivity index (χ0) is 31.9. The second-order valence-electron chi connectivity index (χ2n) is 10.1. The van der Waals surface area contributed by atoms with Crippen LogP contribution in [0.4, 0.5) is 19.1 Å². The minimum atomic E-state index is -4.73. The Morgan fingerprint density at radius 1 is 1.07 bits per heavy atom. The second kappa shape index (κ2) is 11.9. The van der Waals surface area contributed by atoms with Crippen LogP contribution in [0.1, 0.15) is 50.3 Å². The zero-order valence-corrected chi connectivity index (χ0v) is 25.0. The predicted molar refractivity (Wildman–Crippen MR) is 156 cm³/mol. The summed E-state index contributed by atoms with van der Waals surface area (Å²) in [5.74, 6) is -0.785. The fourth-order valence-electron chi connectivity index (χ4n) is 5.02. The summed E-state index contributed by atoms with van der Waals surface area (Å²) in [6.45, 7) is 1.28. The quantitative estimate of drug-likeness (QED) is 0.320. The highest BCUT2D eigenvalue weighted by Crippen LogP contribution is 2.31. The highest BCUT2D eigenvalue weighted by Gasteiger charge is 2.38. The first kappa shape index (κ1) is 31.0. The van der Waals surface area contributed by atoms with Crippen molar-refractivity contribution in [3.8, 4) is 5.69 Å². The van der Waals surface area contributed by atoms with E-state index in [-0.39, 0.29) is 41.4 Å². The number of alkyl halides is 3. The molecular weight excluding hydrogens is 624 g/mol. The van der Waals surface area contributed by atoms with Gasteiger partial charge < -0.3 is 15.5 Å². The van der Waals surface area contributed by atoms with E-state index >= 15 is 0 Å². The minimum absolute atomic E-state index is 0.0467. The molecule has 0 fully saturated rings. The molecular formula is C28H25Cl2F3N8O3. The molecule has 2 N–H and O–H groups in total. The molecule has 0 saturated heterocycles. The van der Waals surface area contributed by atoms with Gasteiger partial charge in [-0.3, -0.25) is 14.4 Å². The average molecular weight is 649 g/mol. The molecule has 5 rings (SSSR count). The number of amides is 2. The lowest BCUT2D eigenvalue weighted by molar-refractivity contribution is -0.144. The van der Waals surface area contributed by atoms with Gasteiger partial charge in [0.05, 0.1) is 34.5 Å². The van der Waals surface area contributed by atoms with Crippen LogP contribution in [-0.2, 0) is 32.7 Å². The van der Waals surface area contributed by atoms with E-state index in [1.54, 1.807) is 13.0 Å². The van der Waals surface area contributed by atoms with E-state index in [9.17, 15) is 27.6 Å². The van der Waals surface area contributed by atoms with Crippen LogP contribution in [0.15, 0.2) is 47.3 Å². The molecule has 11 nitrogen and oxygen atoms in total. The summed E-state index contributed by atoms with van der Waals surface area (Å²) in [4.78, 5) is 45.6. The van der Waals surface area contributed by atoms with Gasteiger partial charge in [0.15, 0.2) is 5.69 Å². The van der Waals surface area contributed by atoms with Gasteiger partial charge in [-0.05, 0) is 55.8 Å². The number of aromatic nitrogens is 5. The summed E-state index contributed by atoms with van der Waals surface area (Å²) >= 11 is 12.1. The molecule has 0 unspecified atom stereocenters. The van der Waals surface area contributed by atoms with Gasteiger partial charge in [0.25, 0.3) is 17.4 Å². The maximum absolute atomic E-state index is 14.0. The normalized spacial score (nSPS) is 14.7. The Hall–Kier alpha value is -4.43. The van der Waals surface area contributed by atoms with E-state index < -0.39 is 35.7 Å². The van der Waals surface area contributed by atoms with Crippen molar-refractivity contribution >= 4 is 41.0 Å². The number of hydrogen-bond acceptors (Lipinski definition) is 7. The number of fused-ring (bicyclic) bond motifs is 1. The van der Waals surface area contributed by atoms with Crippen molar-refractivity contribution in [1.82, 2.24) is 34.8 Å². The van der Waals surface area contributed by atoms with Crippen LogP contribution in [0, 0.1) is 0 Å². The molecule has 1 atom stereocenters. The van der Waals surface area contributed by atoms with Crippen LogP contribution in [0.3, 0.4) is 0 Å². The SMILES string of the molecule is CNC(=O)c1ccc(-n2c(NCc3nnn(C)c3C(F)(F)F)nc3c(c2=O)C[C@@H](C)N(C(=O)c2ccc(Cl)c(Cl)c2)C3)cc1. The van der Waals surface area contributed by atoms with E-state index in [1.165, 1.54) is 52.9 Å². The first-order valence-corrected chi connectivity index (χ1v) is 14.0. The Labute approximate surface area is 258 Å². The van der Waals surface area contributed by atoms with E-state index in [1.807, 2.05) is 0 Å². The predicted octanol–water partition coefficient (Wildman–Crippen LogP) is 4.25. The van der Waals surface area contributed by atoms with Crippen molar-refractivity contribution in [1.29, 1.82) is 0 Å². The maximum atomic E-state index is 14.0. The fraction of sp³-hybridized carbons (Fsp3) is 0.286. The number of nitrogens with one attached hydrogen (secondary N) is 2. The van der Waals surface area contributed by atoms with E-state index in [0.29, 0.717) is 32.1 Å². The number of anilines is 1. The number of hydrogen-bond donors (Lipinski definition) is 2. The number of rotatable bonds is 6. The van der Waals surface area contributed by atoms with Crippen LogP contribution >= 0.6 is 23.2 Å². The molecule has 3 heterocycles. The maximum Gasteiger partial charge on any atom is 0.434 e. The summed E-state index contributed by atoms with van der Waals surface area (Å²) in [6, 6.07) is 10.2. The van der Waals surface area contributed by atoms with Crippen LogP contribution in [-0.4, -0.2) is 54.3 Å². The first-order valence-electron chi connectivity index (χ1n) is 13.2. The third kappa shape index (κ3) is 5.86. The summed E-state index contributed by atoms with van der Waals surface area (Å²) in [6.07, 6.45) is -4.57. The van der Waals surface area contributed by atoms with Crippen LogP contribution in [0.2, 0.25) is 10.0 Å². The van der Waals surface area contributed by atoms with E-state index in [4.69, 9.17) is 23.2 Å².